The van der Waals surface area contributed by atoms with Crippen molar-refractivity contribution in [3.05, 3.63) is 47.9 Å². The molecule has 1 aliphatic heterocycles. The number of anilines is 2. The third-order valence-corrected chi connectivity index (χ3v) is 4.73. The van der Waals surface area contributed by atoms with Crippen molar-refractivity contribution in [1.29, 1.82) is 0 Å². The first-order valence-corrected chi connectivity index (χ1v) is 7.95. The molecular formula is C16H18FN3S. The largest absolute Gasteiger partial charge is 0.377 e. The van der Waals surface area contributed by atoms with Crippen molar-refractivity contribution in [1.82, 2.24) is 4.98 Å². The lowest BCUT2D eigenvalue weighted by Crippen LogP contribution is -2.17. The molecule has 1 aliphatic rings. The van der Waals surface area contributed by atoms with Crippen molar-refractivity contribution in [3.8, 4) is 0 Å². The molecule has 0 radical (unpaired) electrons. The van der Waals surface area contributed by atoms with Crippen LogP contribution in [0.1, 0.15) is 18.0 Å². The number of nitrogens with one attached hydrogen (secondary N) is 1. The van der Waals surface area contributed by atoms with Gasteiger partial charge in [0.05, 0.1) is 17.9 Å². The van der Waals surface area contributed by atoms with E-state index >= 15 is 0 Å². The topological polar surface area (TPSA) is 28.2 Å². The summed E-state index contributed by atoms with van der Waals surface area (Å²) in [4.78, 5) is 7.14. The van der Waals surface area contributed by atoms with E-state index < -0.39 is 0 Å². The van der Waals surface area contributed by atoms with Gasteiger partial charge in [-0.25, -0.2) is 9.37 Å². The Morgan fingerprint density at radius 2 is 2.14 bits per heavy atom. The highest BCUT2D eigenvalue weighted by Gasteiger charge is 2.22. The van der Waals surface area contributed by atoms with E-state index in [9.17, 15) is 4.39 Å². The van der Waals surface area contributed by atoms with Crippen LogP contribution in [-0.2, 0) is 0 Å². The normalized spacial score (nSPS) is 17.2. The van der Waals surface area contributed by atoms with Gasteiger partial charge in [0.2, 0.25) is 0 Å². The summed E-state index contributed by atoms with van der Waals surface area (Å²) in [6.45, 7) is 0. The summed E-state index contributed by atoms with van der Waals surface area (Å²) in [6, 6.07) is 9.45. The predicted octanol–water partition coefficient (Wildman–Crippen LogP) is 3.94. The first kappa shape index (κ1) is 14.2. The Balaban J connectivity index is 1.82. The van der Waals surface area contributed by atoms with Crippen molar-refractivity contribution in [3.63, 3.8) is 0 Å². The third kappa shape index (κ3) is 2.97. The molecule has 1 aromatic carbocycles. The molecule has 0 spiro atoms. The minimum Gasteiger partial charge on any atom is -0.377 e. The molecule has 2 heterocycles. The van der Waals surface area contributed by atoms with Crippen LogP contribution in [0.2, 0.25) is 0 Å². The van der Waals surface area contributed by atoms with E-state index in [0.717, 1.165) is 34.1 Å². The number of hydrogen-bond acceptors (Lipinski definition) is 4. The lowest BCUT2D eigenvalue weighted by Gasteiger charge is -2.27. The summed E-state index contributed by atoms with van der Waals surface area (Å²) in [6.07, 6.45) is 2.81. The molecule has 0 saturated carbocycles. The van der Waals surface area contributed by atoms with Crippen LogP contribution < -0.4 is 10.2 Å². The summed E-state index contributed by atoms with van der Waals surface area (Å²) in [5, 5.41) is 3.47. The van der Waals surface area contributed by atoms with E-state index in [1.165, 1.54) is 6.07 Å². The number of pyridine rings is 1. The predicted molar refractivity (Wildman–Crippen MR) is 86.7 cm³/mol. The second-order valence-electron chi connectivity index (χ2n) is 5.29. The molecule has 0 saturated heterocycles. The monoisotopic (exact) mass is 303 g/mol. The Labute approximate surface area is 128 Å². The van der Waals surface area contributed by atoms with Crippen LogP contribution in [0.4, 0.5) is 15.9 Å². The number of rotatable bonds is 3. The maximum Gasteiger partial charge on any atom is 0.137 e. The van der Waals surface area contributed by atoms with Gasteiger partial charge in [-0.15, -0.1) is 11.8 Å². The van der Waals surface area contributed by atoms with E-state index in [1.807, 2.05) is 43.4 Å². The van der Waals surface area contributed by atoms with E-state index in [2.05, 4.69) is 10.3 Å². The minimum absolute atomic E-state index is 0.120. The fraction of sp³-hybridized carbons (Fsp3) is 0.312. The maximum atomic E-state index is 13.9. The maximum absolute atomic E-state index is 13.9. The van der Waals surface area contributed by atoms with Crippen LogP contribution >= 0.6 is 11.8 Å². The molecule has 5 heteroatoms. The molecule has 0 aliphatic carbocycles. The van der Waals surface area contributed by atoms with Gasteiger partial charge < -0.3 is 10.2 Å². The second kappa shape index (κ2) is 5.93. The number of halogens is 1. The zero-order chi connectivity index (χ0) is 14.8. The summed E-state index contributed by atoms with van der Waals surface area (Å²) < 4.78 is 13.9. The van der Waals surface area contributed by atoms with Gasteiger partial charge in [-0.3, -0.25) is 0 Å². The summed E-state index contributed by atoms with van der Waals surface area (Å²) in [5.74, 6) is 1.73. The summed E-state index contributed by atoms with van der Waals surface area (Å²) in [7, 11) is 3.93. The van der Waals surface area contributed by atoms with Gasteiger partial charge in [0.15, 0.2) is 0 Å². The number of benzene rings is 1. The highest BCUT2D eigenvalue weighted by atomic mass is 32.2. The standard InChI is InChI=1S/C16H18FN3S/c1-20(2)15-7-6-11(10-18-15)19-14-8-9-21-16-12(14)4-3-5-13(16)17/h3-7,10,14,19H,8-9H2,1-2H3. The Morgan fingerprint density at radius 3 is 2.86 bits per heavy atom. The van der Waals surface area contributed by atoms with Crippen LogP contribution in [0.15, 0.2) is 41.4 Å². The molecule has 1 unspecified atom stereocenters. The van der Waals surface area contributed by atoms with E-state index in [1.54, 1.807) is 17.8 Å². The van der Waals surface area contributed by atoms with E-state index in [4.69, 9.17) is 0 Å². The van der Waals surface area contributed by atoms with Crippen LogP contribution in [0.3, 0.4) is 0 Å². The van der Waals surface area contributed by atoms with Gasteiger partial charge in [0.25, 0.3) is 0 Å². The molecule has 3 rings (SSSR count). The first-order valence-electron chi connectivity index (χ1n) is 6.96. The van der Waals surface area contributed by atoms with Gasteiger partial charge in [-0.05, 0) is 30.2 Å². The molecule has 1 N–H and O–H groups in total. The number of thioether (sulfide) groups is 1. The lowest BCUT2D eigenvalue weighted by atomic mass is 10.0. The SMILES string of the molecule is CN(C)c1ccc(NC2CCSc3c(F)cccc32)cn1. The van der Waals surface area contributed by atoms with Crippen molar-refractivity contribution in [2.45, 2.75) is 17.4 Å². The molecule has 0 bridgehead atoms. The van der Waals surface area contributed by atoms with Crippen molar-refractivity contribution >= 4 is 23.3 Å². The Kier molecular flexibility index (Phi) is 4.01. The molecule has 0 amide bonds. The van der Waals surface area contributed by atoms with Crippen LogP contribution in [0.5, 0.6) is 0 Å². The van der Waals surface area contributed by atoms with Gasteiger partial charge in [0, 0.05) is 24.7 Å². The van der Waals surface area contributed by atoms with Crippen LogP contribution in [0, 0.1) is 5.82 Å². The third-order valence-electron chi connectivity index (χ3n) is 3.57. The van der Waals surface area contributed by atoms with Crippen molar-refractivity contribution < 1.29 is 4.39 Å². The van der Waals surface area contributed by atoms with Crippen molar-refractivity contribution in [2.24, 2.45) is 0 Å². The van der Waals surface area contributed by atoms with E-state index in [-0.39, 0.29) is 11.9 Å². The Hall–Kier alpha value is -1.75. The summed E-state index contributed by atoms with van der Waals surface area (Å²) >= 11 is 1.60. The van der Waals surface area contributed by atoms with Crippen LogP contribution in [-0.4, -0.2) is 24.8 Å². The Morgan fingerprint density at radius 1 is 1.29 bits per heavy atom. The highest BCUT2D eigenvalue weighted by Crippen LogP contribution is 2.39. The zero-order valence-electron chi connectivity index (χ0n) is 12.1. The number of hydrogen-bond donors (Lipinski definition) is 1. The second-order valence-corrected chi connectivity index (χ2v) is 6.40. The zero-order valence-corrected chi connectivity index (χ0v) is 13.0. The molecule has 1 aromatic heterocycles. The first-order chi connectivity index (χ1) is 10.1. The fourth-order valence-corrected chi connectivity index (χ4v) is 3.61. The van der Waals surface area contributed by atoms with Crippen LogP contribution in [0.25, 0.3) is 0 Å². The summed E-state index contributed by atoms with van der Waals surface area (Å²) in [5.41, 5.74) is 2.01. The number of fused-ring (bicyclic) bond motifs is 1. The molecule has 2 aromatic rings. The van der Waals surface area contributed by atoms with Gasteiger partial charge >= 0.3 is 0 Å². The fourth-order valence-electron chi connectivity index (χ4n) is 2.47. The number of aromatic nitrogens is 1. The lowest BCUT2D eigenvalue weighted by molar-refractivity contribution is 0.585. The molecular weight excluding hydrogens is 285 g/mol. The average molecular weight is 303 g/mol. The quantitative estimate of drug-likeness (QED) is 0.930. The minimum atomic E-state index is -0.120. The smallest absolute Gasteiger partial charge is 0.137 e. The molecule has 21 heavy (non-hydrogen) atoms. The number of nitrogens with zero attached hydrogens (tertiary/aromatic N) is 2. The van der Waals surface area contributed by atoms with Gasteiger partial charge in [-0.2, -0.15) is 0 Å². The molecule has 3 nitrogen and oxygen atoms in total. The average Bonchev–Trinajstić information content (AvgIpc) is 2.49. The van der Waals surface area contributed by atoms with Crippen molar-refractivity contribution in [2.75, 3.05) is 30.1 Å². The van der Waals surface area contributed by atoms with Gasteiger partial charge in [-0.1, -0.05) is 12.1 Å². The van der Waals surface area contributed by atoms with Gasteiger partial charge in [0.1, 0.15) is 11.6 Å². The molecule has 110 valence electrons. The molecule has 1 atom stereocenters. The Bertz CT molecular complexity index is 628. The highest BCUT2D eigenvalue weighted by molar-refractivity contribution is 7.99. The van der Waals surface area contributed by atoms with E-state index in [0.29, 0.717) is 0 Å². The molecule has 0 fully saturated rings.